The lowest BCUT2D eigenvalue weighted by molar-refractivity contribution is 0.0508. The van der Waals surface area contributed by atoms with Crippen molar-refractivity contribution in [2.45, 2.75) is 0 Å². The summed E-state index contributed by atoms with van der Waals surface area (Å²) in [5.74, 6) is 0.0117. The number of methoxy groups -OCH3 is 2. The molecule has 2 N–H and O–H groups in total. The van der Waals surface area contributed by atoms with Crippen molar-refractivity contribution < 1.29 is 19.1 Å². The van der Waals surface area contributed by atoms with Crippen LogP contribution in [0.3, 0.4) is 0 Å². The Kier molecular flexibility index (Phi) is 5.59. The number of oxime groups is 1. The molecular formula is C16H15BrN2O4. The Morgan fingerprint density at radius 3 is 2.13 bits per heavy atom. The molecule has 120 valence electrons. The molecule has 0 aliphatic heterocycles. The smallest absolute Gasteiger partial charge is 0.373 e. The van der Waals surface area contributed by atoms with Crippen LogP contribution in [0.25, 0.3) is 0 Å². The van der Waals surface area contributed by atoms with Crippen molar-refractivity contribution >= 4 is 27.7 Å². The average Bonchev–Trinajstić information content (AvgIpc) is 2.59. The lowest BCUT2D eigenvalue weighted by atomic mass is 10.2. The van der Waals surface area contributed by atoms with Crippen molar-refractivity contribution in [3.63, 3.8) is 0 Å². The van der Waals surface area contributed by atoms with E-state index < -0.39 is 5.97 Å². The van der Waals surface area contributed by atoms with E-state index in [1.54, 1.807) is 30.3 Å². The molecule has 0 radical (unpaired) electrons. The Morgan fingerprint density at radius 2 is 1.61 bits per heavy atom. The van der Waals surface area contributed by atoms with Crippen LogP contribution in [0.1, 0.15) is 15.9 Å². The molecule has 0 spiro atoms. The lowest BCUT2D eigenvalue weighted by Crippen LogP contribution is -2.15. The van der Waals surface area contributed by atoms with E-state index in [1.807, 2.05) is 12.1 Å². The van der Waals surface area contributed by atoms with Crippen molar-refractivity contribution in [3.8, 4) is 11.5 Å². The van der Waals surface area contributed by atoms with Gasteiger partial charge in [0.25, 0.3) is 0 Å². The van der Waals surface area contributed by atoms with E-state index >= 15 is 0 Å². The molecule has 0 heterocycles. The van der Waals surface area contributed by atoms with Crippen LogP contribution >= 0.6 is 15.9 Å². The van der Waals surface area contributed by atoms with Crippen LogP contribution in [0.2, 0.25) is 0 Å². The molecule has 23 heavy (non-hydrogen) atoms. The molecule has 2 rings (SSSR count). The minimum Gasteiger partial charge on any atom is -0.496 e. The summed E-state index contributed by atoms with van der Waals surface area (Å²) in [6, 6.07) is 12.1. The van der Waals surface area contributed by atoms with Crippen LogP contribution in [0.4, 0.5) is 0 Å². The molecule has 0 atom stereocenters. The van der Waals surface area contributed by atoms with Crippen LogP contribution in [-0.4, -0.2) is 26.0 Å². The molecule has 0 saturated carbocycles. The first-order chi connectivity index (χ1) is 11.1. The van der Waals surface area contributed by atoms with Crippen LogP contribution in [0.15, 0.2) is 52.1 Å². The van der Waals surface area contributed by atoms with Gasteiger partial charge in [0.1, 0.15) is 17.1 Å². The van der Waals surface area contributed by atoms with E-state index in [4.69, 9.17) is 20.0 Å². The van der Waals surface area contributed by atoms with Crippen molar-refractivity contribution in [1.29, 1.82) is 0 Å². The molecule has 2 aromatic rings. The second kappa shape index (κ2) is 7.64. The summed E-state index contributed by atoms with van der Waals surface area (Å²) in [6.07, 6.45) is 0. The normalized spacial score (nSPS) is 11.0. The average molecular weight is 379 g/mol. The van der Waals surface area contributed by atoms with Crippen molar-refractivity contribution in [2.75, 3.05) is 14.2 Å². The summed E-state index contributed by atoms with van der Waals surface area (Å²) in [5, 5.41) is 3.67. The number of rotatable bonds is 5. The summed E-state index contributed by atoms with van der Waals surface area (Å²) < 4.78 is 11.2. The minimum atomic E-state index is -0.723. The molecule has 0 bridgehead atoms. The van der Waals surface area contributed by atoms with Crippen LogP contribution in [0.5, 0.6) is 11.5 Å². The van der Waals surface area contributed by atoms with E-state index in [2.05, 4.69) is 21.1 Å². The Balaban J connectivity index is 2.22. The van der Waals surface area contributed by atoms with Gasteiger partial charge in [-0.15, -0.1) is 0 Å². The highest BCUT2D eigenvalue weighted by atomic mass is 79.9. The fourth-order valence-electron chi connectivity index (χ4n) is 1.86. The molecule has 0 unspecified atom stereocenters. The fourth-order valence-corrected chi connectivity index (χ4v) is 2.13. The first kappa shape index (κ1) is 16.8. The third-order valence-electron chi connectivity index (χ3n) is 3.00. The first-order valence-corrected chi connectivity index (χ1v) is 7.38. The number of benzene rings is 2. The SMILES string of the molecule is COc1cccc(OC)c1C(=O)ON=C(N)c1ccc(Br)cc1. The number of nitrogens with two attached hydrogens (primary N) is 1. The topological polar surface area (TPSA) is 83.1 Å². The van der Waals surface area contributed by atoms with Crippen LogP contribution in [-0.2, 0) is 4.84 Å². The summed E-state index contributed by atoms with van der Waals surface area (Å²) in [5.41, 5.74) is 6.58. The summed E-state index contributed by atoms with van der Waals surface area (Å²) in [6.45, 7) is 0. The molecule has 6 nitrogen and oxygen atoms in total. The summed E-state index contributed by atoms with van der Waals surface area (Å²) >= 11 is 3.33. The monoisotopic (exact) mass is 378 g/mol. The zero-order valence-corrected chi connectivity index (χ0v) is 14.2. The van der Waals surface area contributed by atoms with Gasteiger partial charge in [0.15, 0.2) is 5.84 Å². The maximum absolute atomic E-state index is 12.2. The van der Waals surface area contributed by atoms with Gasteiger partial charge < -0.3 is 20.0 Å². The standard InChI is InChI=1S/C16H15BrN2O4/c1-21-12-4-3-5-13(22-2)14(12)16(20)23-19-15(18)10-6-8-11(17)9-7-10/h3-9H,1-2H3,(H2,18,19). The van der Waals surface area contributed by atoms with E-state index in [9.17, 15) is 4.79 Å². The van der Waals surface area contributed by atoms with Gasteiger partial charge in [-0.2, -0.15) is 0 Å². The van der Waals surface area contributed by atoms with Gasteiger partial charge in [-0.05, 0) is 24.3 Å². The van der Waals surface area contributed by atoms with Gasteiger partial charge >= 0.3 is 5.97 Å². The lowest BCUT2D eigenvalue weighted by Gasteiger charge is -2.10. The maximum Gasteiger partial charge on any atom is 0.373 e. The number of amidine groups is 1. The second-order valence-corrected chi connectivity index (χ2v) is 5.32. The van der Waals surface area contributed by atoms with Crippen LogP contribution < -0.4 is 15.2 Å². The highest BCUT2D eigenvalue weighted by molar-refractivity contribution is 9.10. The van der Waals surface area contributed by atoms with Gasteiger partial charge in [0, 0.05) is 10.0 Å². The molecule has 2 aromatic carbocycles. The van der Waals surface area contributed by atoms with Crippen molar-refractivity contribution in [2.24, 2.45) is 10.9 Å². The quantitative estimate of drug-likeness (QED) is 0.374. The van der Waals surface area contributed by atoms with E-state index in [0.29, 0.717) is 17.1 Å². The highest BCUT2D eigenvalue weighted by Gasteiger charge is 2.20. The van der Waals surface area contributed by atoms with Gasteiger partial charge in [-0.3, -0.25) is 0 Å². The molecule has 0 fully saturated rings. The van der Waals surface area contributed by atoms with E-state index in [-0.39, 0.29) is 11.4 Å². The molecule has 0 aliphatic rings. The van der Waals surface area contributed by atoms with Crippen molar-refractivity contribution in [1.82, 2.24) is 0 Å². The number of hydrogen-bond acceptors (Lipinski definition) is 5. The first-order valence-electron chi connectivity index (χ1n) is 6.58. The number of carbonyl (C=O) groups is 1. The van der Waals surface area contributed by atoms with E-state index in [1.165, 1.54) is 14.2 Å². The zero-order valence-electron chi connectivity index (χ0n) is 12.6. The number of carbonyl (C=O) groups excluding carboxylic acids is 1. The van der Waals surface area contributed by atoms with Gasteiger partial charge in [-0.25, -0.2) is 4.79 Å². The Hall–Kier alpha value is -2.54. The van der Waals surface area contributed by atoms with Crippen LogP contribution in [0, 0.1) is 0 Å². The highest BCUT2D eigenvalue weighted by Crippen LogP contribution is 2.28. The summed E-state index contributed by atoms with van der Waals surface area (Å²) in [4.78, 5) is 17.2. The van der Waals surface area contributed by atoms with Crippen molar-refractivity contribution in [3.05, 3.63) is 58.1 Å². The van der Waals surface area contributed by atoms with E-state index in [0.717, 1.165) is 4.47 Å². The summed E-state index contributed by atoms with van der Waals surface area (Å²) in [7, 11) is 2.90. The fraction of sp³-hybridized carbons (Fsp3) is 0.125. The molecule has 7 heteroatoms. The predicted octanol–water partition coefficient (Wildman–Crippen LogP) is 2.94. The third-order valence-corrected chi connectivity index (χ3v) is 3.53. The molecule has 0 aromatic heterocycles. The Bertz CT molecular complexity index is 707. The largest absolute Gasteiger partial charge is 0.496 e. The third kappa shape index (κ3) is 4.01. The number of halogens is 1. The Labute approximate surface area is 142 Å². The molecule has 0 amide bonds. The van der Waals surface area contributed by atoms with Gasteiger partial charge in [-0.1, -0.05) is 39.3 Å². The number of nitrogens with zero attached hydrogens (tertiary/aromatic N) is 1. The Morgan fingerprint density at radius 1 is 1.04 bits per heavy atom. The molecular weight excluding hydrogens is 364 g/mol. The van der Waals surface area contributed by atoms with Gasteiger partial charge in [0.2, 0.25) is 0 Å². The predicted molar refractivity (Wildman–Crippen MR) is 89.8 cm³/mol. The zero-order chi connectivity index (χ0) is 16.8. The number of ether oxygens (including phenoxy) is 2. The minimum absolute atomic E-state index is 0.0831. The molecule has 0 aliphatic carbocycles. The van der Waals surface area contributed by atoms with Gasteiger partial charge in [0.05, 0.1) is 14.2 Å². The maximum atomic E-state index is 12.2. The number of hydrogen-bond donors (Lipinski definition) is 1. The molecule has 0 saturated heterocycles. The second-order valence-electron chi connectivity index (χ2n) is 4.40.